The van der Waals surface area contributed by atoms with Gasteiger partial charge in [-0.15, -0.1) is 11.3 Å². The summed E-state index contributed by atoms with van der Waals surface area (Å²) >= 11 is 5.10. The van der Waals surface area contributed by atoms with Crippen LogP contribution in [0.5, 0.6) is 0 Å². The molecule has 0 saturated carbocycles. The highest BCUT2D eigenvalue weighted by molar-refractivity contribution is 9.10. The molecule has 0 radical (unpaired) electrons. The number of carbonyl (C=O) groups is 1. The van der Waals surface area contributed by atoms with Crippen LogP contribution in [0.2, 0.25) is 0 Å². The highest BCUT2D eigenvalue weighted by atomic mass is 79.9. The molecule has 0 bridgehead atoms. The average molecular weight is 371 g/mol. The molecule has 2 aromatic rings. The van der Waals surface area contributed by atoms with Crippen molar-refractivity contribution in [2.24, 2.45) is 0 Å². The van der Waals surface area contributed by atoms with Crippen LogP contribution in [0.15, 0.2) is 34.2 Å². The van der Waals surface area contributed by atoms with Gasteiger partial charge in [0.05, 0.1) is 13.2 Å². The monoisotopic (exact) mass is 370 g/mol. The van der Waals surface area contributed by atoms with Crippen LogP contribution in [0.25, 0.3) is 0 Å². The Morgan fingerprint density at radius 1 is 1.52 bits per heavy atom. The van der Waals surface area contributed by atoms with Crippen LogP contribution in [-0.2, 0) is 17.8 Å². The van der Waals surface area contributed by atoms with Crippen LogP contribution < -0.4 is 0 Å². The molecular weight excluding hydrogens is 352 g/mol. The number of rotatable bonds is 7. The minimum atomic E-state index is 0.0352. The van der Waals surface area contributed by atoms with E-state index in [9.17, 15) is 4.79 Å². The SMILES string of the molecule is CCn1cc(Br)cc1C(=O)N(CCOC)Cc1cccs1. The number of thiophene rings is 1. The number of nitrogens with zero attached hydrogens (tertiary/aromatic N) is 2. The molecule has 0 fully saturated rings. The number of aromatic nitrogens is 1. The Balaban J connectivity index is 2.20. The molecule has 0 atom stereocenters. The molecule has 1 amide bonds. The summed E-state index contributed by atoms with van der Waals surface area (Å²) in [4.78, 5) is 15.8. The predicted octanol–water partition coefficient (Wildman–Crippen LogP) is 3.62. The van der Waals surface area contributed by atoms with Crippen molar-refractivity contribution in [3.05, 3.63) is 44.8 Å². The number of amides is 1. The molecule has 2 aromatic heterocycles. The topological polar surface area (TPSA) is 34.5 Å². The van der Waals surface area contributed by atoms with Crippen LogP contribution in [0, 0.1) is 0 Å². The number of methoxy groups -OCH3 is 1. The van der Waals surface area contributed by atoms with Gasteiger partial charge in [-0.2, -0.15) is 0 Å². The molecule has 0 aliphatic carbocycles. The first-order chi connectivity index (χ1) is 10.2. The largest absolute Gasteiger partial charge is 0.383 e. The summed E-state index contributed by atoms with van der Waals surface area (Å²) in [5, 5.41) is 2.03. The van der Waals surface area contributed by atoms with E-state index in [1.807, 2.05) is 46.2 Å². The maximum atomic E-state index is 12.8. The van der Waals surface area contributed by atoms with Crippen molar-refractivity contribution in [3.63, 3.8) is 0 Å². The van der Waals surface area contributed by atoms with Gasteiger partial charge in [0.25, 0.3) is 5.91 Å². The van der Waals surface area contributed by atoms with Gasteiger partial charge in [-0.1, -0.05) is 6.07 Å². The molecule has 0 saturated heterocycles. The van der Waals surface area contributed by atoms with Crippen molar-refractivity contribution >= 4 is 33.2 Å². The number of hydrogen-bond donors (Lipinski definition) is 0. The van der Waals surface area contributed by atoms with E-state index in [1.165, 1.54) is 4.88 Å². The number of halogens is 1. The molecule has 0 aliphatic rings. The maximum absolute atomic E-state index is 12.8. The minimum absolute atomic E-state index is 0.0352. The number of hydrogen-bond acceptors (Lipinski definition) is 3. The zero-order valence-corrected chi connectivity index (χ0v) is 14.6. The van der Waals surface area contributed by atoms with Gasteiger partial charge < -0.3 is 14.2 Å². The van der Waals surface area contributed by atoms with Gasteiger partial charge in [-0.25, -0.2) is 0 Å². The van der Waals surface area contributed by atoms with Crippen molar-refractivity contribution in [1.82, 2.24) is 9.47 Å². The number of aryl methyl sites for hydroxylation is 1. The first-order valence-electron chi connectivity index (χ1n) is 6.82. The fourth-order valence-electron chi connectivity index (χ4n) is 2.12. The van der Waals surface area contributed by atoms with Crippen molar-refractivity contribution in [1.29, 1.82) is 0 Å². The molecule has 6 heteroatoms. The lowest BCUT2D eigenvalue weighted by Gasteiger charge is -2.22. The molecule has 0 spiro atoms. The lowest BCUT2D eigenvalue weighted by molar-refractivity contribution is 0.0672. The molecule has 2 rings (SSSR count). The number of ether oxygens (including phenoxy) is 1. The fourth-order valence-corrected chi connectivity index (χ4v) is 3.31. The second kappa shape index (κ2) is 7.77. The third-order valence-electron chi connectivity index (χ3n) is 3.20. The average Bonchev–Trinajstić information content (AvgIpc) is 3.11. The second-order valence-electron chi connectivity index (χ2n) is 4.63. The third kappa shape index (κ3) is 4.18. The highest BCUT2D eigenvalue weighted by Crippen LogP contribution is 2.19. The summed E-state index contributed by atoms with van der Waals surface area (Å²) in [6, 6.07) is 5.93. The van der Waals surface area contributed by atoms with E-state index in [-0.39, 0.29) is 5.91 Å². The molecule has 0 unspecified atom stereocenters. The molecule has 0 N–H and O–H groups in total. The molecule has 4 nitrogen and oxygen atoms in total. The normalized spacial score (nSPS) is 10.8. The van der Waals surface area contributed by atoms with Gasteiger partial charge in [-0.3, -0.25) is 4.79 Å². The van der Waals surface area contributed by atoms with Crippen molar-refractivity contribution in [2.75, 3.05) is 20.3 Å². The molecule has 114 valence electrons. The van der Waals surface area contributed by atoms with E-state index >= 15 is 0 Å². The summed E-state index contributed by atoms with van der Waals surface area (Å²) in [5.74, 6) is 0.0352. The van der Waals surface area contributed by atoms with E-state index in [1.54, 1.807) is 18.4 Å². The van der Waals surface area contributed by atoms with Crippen LogP contribution in [0.4, 0.5) is 0 Å². The van der Waals surface area contributed by atoms with Crippen molar-refractivity contribution < 1.29 is 9.53 Å². The van der Waals surface area contributed by atoms with E-state index in [0.29, 0.717) is 25.4 Å². The van der Waals surface area contributed by atoms with Crippen LogP contribution in [-0.4, -0.2) is 35.6 Å². The molecule has 0 aliphatic heterocycles. The van der Waals surface area contributed by atoms with Gasteiger partial charge in [0.2, 0.25) is 0 Å². The summed E-state index contributed by atoms with van der Waals surface area (Å²) < 4.78 is 8.02. The summed E-state index contributed by atoms with van der Waals surface area (Å²) in [6.07, 6.45) is 1.94. The van der Waals surface area contributed by atoms with Gasteiger partial charge >= 0.3 is 0 Å². The van der Waals surface area contributed by atoms with Gasteiger partial charge in [0, 0.05) is 35.7 Å². The van der Waals surface area contributed by atoms with E-state index in [2.05, 4.69) is 15.9 Å². The molecule has 2 heterocycles. The number of carbonyl (C=O) groups excluding carboxylic acids is 1. The second-order valence-corrected chi connectivity index (χ2v) is 6.58. The zero-order valence-electron chi connectivity index (χ0n) is 12.2. The Morgan fingerprint density at radius 3 is 2.95 bits per heavy atom. The maximum Gasteiger partial charge on any atom is 0.270 e. The van der Waals surface area contributed by atoms with E-state index in [0.717, 1.165) is 11.0 Å². The van der Waals surface area contributed by atoms with E-state index < -0.39 is 0 Å². The Labute approximate surface area is 137 Å². The minimum Gasteiger partial charge on any atom is -0.383 e. The first kappa shape index (κ1) is 16.3. The molecular formula is C15H19BrN2O2S. The van der Waals surface area contributed by atoms with Crippen LogP contribution in [0.1, 0.15) is 22.3 Å². The van der Waals surface area contributed by atoms with Crippen molar-refractivity contribution in [2.45, 2.75) is 20.0 Å². The smallest absolute Gasteiger partial charge is 0.270 e. The van der Waals surface area contributed by atoms with Gasteiger partial charge in [0.15, 0.2) is 0 Å². The lowest BCUT2D eigenvalue weighted by atomic mass is 10.3. The van der Waals surface area contributed by atoms with E-state index in [4.69, 9.17) is 4.74 Å². The standard InChI is InChI=1S/C15H19BrN2O2S/c1-3-17-10-12(16)9-14(17)15(19)18(6-7-20-2)11-13-5-4-8-21-13/h4-5,8-10H,3,6-7,11H2,1-2H3. The summed E-state index contributed by atoms with van der Waals surface area (Å²) in [6.45, 7) is 4.53. The fraction of sp³-hybridized carbons (Fsp3) is 0.400. The van der Waals surface area contributed by atoms with Gasteiger partial charge in [-0.05, 0) is 40.4 Å². The quantitative estimate of drug-likeness (QED) is 0.745. The Hall–Kier alpha value is -1.11. The zero-order chi connectivity index (χ0) is 15.2. The Kier molecular flexibility index (Phi) is 6.02. The first-order valence-corrected chi connectivity index (χ1v) is 8.49. The van der Waals surface area contributed by atoms with Crippen LogP contribution >= 0.6 is 27.3 Å². The van der Waals surface area contributed by atoms with Crippen molar-refractivity contribution in [3.8, 4) is 0 Å². The molecule has 21 heavy (non-hydrogen) atoms. The predicted molar refractivity (Wildman–Crippen MR) is 88.7 cm³/mol. The Bertz CT molecular complexity index is 581. The third-order valence-corrected chi connectivity index (χ3v) is 4.50. The van der Waals surface area contributed by atoms with Gasteiger partial charge in [0.1, 0.15) is 5.69 Å². The molecule has 0 aromatic carbocycles. The summed E-state index contributed by atoms with van der Waals surface area (Å²) in [7, 11) is 1.65. The summed E-state index contributed by atoms with van der Waals surface area (Å²) in [5.41, 5.74) is 0.706. The Morgan fingerprint density at radius 2 is 2.33 bits per heavy atom. The highest BCUT2D eigenvalue weighted by Gasteiger charge is 2.20. The van der Waals surface area contributed by atoms with Crippen LogP contribution in [0.3, 0.4) is 0 Å². The lowest BCUT2D eigenvalue weighted by Crippen LogP contribution is -2.34.